The Hall–Kier alpha value is -0.510. The summed E-state index contributed by atoms with van der Waals surface area (Å²) in [5.74, 6) is 1.71. The van der Waals surface area contributed by atoms with Crippen molar-refractivity contribution in [3.8, 4) is 0 Å². The molecule has 0 aromatic heterocycles. The van der Waals surface area contributed by atoms with Gasteiger partial charge in [-0.2, -0.15) is 0 Å². The van der Waals surface area contributed by atoms with Gasteiger partial charge in [-0.15, -0.1) is 11.8 Å². The van der Waals surface area contributed by atoms with Crippen LogP contribution in [0.2, 0.25) is 0 Å². The SMILES string of the molecule is Cc1ccc(SCCN(C)CCC(N)C(C)C)cc1. The van der Waals surface area contributed by atoms with Gasteiger partial charge < -0.3 is 10.6 Å². The summed E-state index contributed by atoms with van der Waals surface area (Å²) in [4.78, 5) is 3.74. The quantitative estimate of drug-likeness (QED) is 0.740. The van der Waals surface area contributed by atoms with E-state index >= 15 is 0 Å². The summed E-state index contributed by atoms with van der Waals surface area (Å²) >= 11 is 1.93. The minimum atomic E-state index is 0.326. The zero-order valence-electron chi connectivity index (χ0n) is 12.7. The fraction of sp³-hybridized carbons (Fsp3) is 0.625. The van der Waals surface area contributed by atoms with Gasteiger partial charge in [0.05, 0.1) is 0 Å². The maximum Gasteiger partial charge on any atom is 0.0108 e. The number of aryl methyl sites for hydroxylation is 1. The van der Waals surface area contributed by atoms with Crippen molar-refractivity contribution in [2.24, 2.45) is 11.7 Å². The van der Waals surface area contributed by atoms with Gasteiger partial charge in [-0.1, -0.05) is 31.5 Å². The van der Waals surface area contributed by atoms with E-state index < -0.39 is 0 Å². The fourth-order valence-corrected chi connectivity index (χ4v) is 2.74. The highest BCUT2D eigenvalue weighted by Crippen LogP contribution is 2.18. The first-order valence-electron chi connectivity index (χ1n) is 7.12. The van der Waals surface area contributed by atoms with Crippen LogP contribution in [0.4, 0.5) is 0 Å². The molecule has 1 rings (SSSR count). The van der Waals surface area contributed by atoms with Crippen molar-refractivity contribution in [3.63, 3.8) is 0 Å². The first kappa shape index (κ1) is 16.5. The van der Waals surface area contributed by atoms with Gasteiger partial charge in [0.15, 0.2) is 0 Å². The molecule has 0 heterocycles. The van der Waals surface area contributed by atoms with Crippen molar-refractivity contribution >= 4 is 11.8 Å². The summed E-state index contributed by atoms with van der Waals surface area (Å²) in [7, 11) is 2.18. The molecule has 1 aromatic carbocycles. The molecule has 1 atom stereocenters. The van der Waals surface area contributed by atoms with Crippen LogP contribution in [0.5, 0.6) is 0 Å². The van der Waals surface area contributed by atoms with Gasteiger partial charge in [0, 0.05) is 23.2 Å². The second-order valence-electron chi connectivity index (χ2n) is 5.66. The summed E-state index contributed by atoms with van der Waals surface area (Å²) < 4.78 is 0. The number of hydrogen-bond acceptors (Lipinski definition) is 3. The maximum absolute atomic E-state index is 6.07. The Balaban J connectivity index is 2.16. The average molecular weight is 280 g/mol. The lowest BCUT2D eigenvalue weighted by molar-refractivity contribution is 0.318. The molecular weight excluding hydrogens is 252 g/mol. The van der Waals surface area contributed by atoms with Gasteiger partial charge in [0.2, 0.25) is 0 Å². The minimum absolute atomic E-state index is 0.326. The van der Waals surface area contributed by atoms with E-state index in [1.165, 1.54) is 10.5 Å². The molecule has 19 heavy (non-hydrogen) atoms. The standard InChI is InChI=1S/C16H28N2S/c1-13(2)16(17)9-10-18(4)11-12-19-15-7-5-14(3)6-8-15/h5-8,13,16H,9-12,17H2,1-4H3. The highest BCUT2D eigenvalue weighted by molar-refractivity contribution is 7.99. The summed E-state index contributed by atoms with van der Waals surface area (Å²) in [6.45, 7) is 8.72. The van der Waals surface area contributed by atoms with Crippen molar-refractivity contribution in [1.82, 2.24) is 4.90 Å². The second-order valence-corrected chi connectivity index (χ2v) is 6.83. The summed E-state index contributed by atoms with van der Waals surface area (Å²) in [5, 5.41) is 0. The van der Waals surface area contributed by atoms with E-state index in [0.29, 0.717) is 12.0 Å². The molecular formula is C16H28N2S. The predicted molar refractivity (Wildman–Crippen MR) is 86.8 cm³/mol. The number of thioether (sulfide) groups is 1. The minimum Gasteiger partial charge on any atom is -0.327 e. The molecule has 0 bridgehead atoms. The molecule has 2 N–H and O–H groups in total. The van der Waals surface area contributed by atoms with Crippen LogP contribution < -0.4 is 5.73 Å². The van der Waals surface area contributed by atoms with E-state index in [4.69, 9.17) is 5.73 Å². The van der Waals surface area contributed by atoms with Crippen LogP contribution in [0, 0.1) is 12.8 Å². The number of nitrogens with zero attached hydrogens (tertiary/aromatic N) is 1. The van der Waals surface area contributed by atoms with E-state index in [2.05, 4.69) is 57.0 Å². The van der Waals surface area contributed by atoms with Crippen molar-refractivity contribution in [1.29, 1.82) is 0 Å². The highest BCUT2D eigenvalue weighted by atomic mass is 32.2. The van der Waals surface area contributed by atoms with Gasteiger partial charge in [0.1, 0.15) is 0 Å². The first-order valence-corrected chi connectivity index (χ1v) is 8.11. The smallest absolute Gasteiger partial charge is 0.0108 e. The molecule has 0 aliphatic carbocycles. The van der Waals surface area contributed by atoms with E-state index in [-0.39, 0.29) is 0 Å². The van der Waals surface area contributed by atoms with Crippen LogP contribution in [0.15, 0.2) is 29.2 Å². The average Bonchev–Trinajstić information content (AvgIpc) is 2.38. The number of hydrogen-bond donors (Lipinski definition) is 1. The molecule has 1 aromatic rings. The molecule has 0 saturated carbocycles. The molecule has 108 valence electrons. The Morgan fingerprint density at radius 1 is 1.16 bits per heavy atom. The highest BCUT2D eigenvalue weighted by Gasteiger charge is 2.08. The van der Waals surface area contributed by atoms with Gasteiger partial charge >= 0.3 is 0 Å². The van der Waals surface area contributed by atoms with Gasteiger partial charge in [0.25, 0.3) is 0 Å². The van der Waals surface area contributed by atoms with Crippen LogP contribution in [0.1, 0.15) is 25.8 Å². The third kappa shape index (κ3) is 7.00. The lowest BCUT2D eigenvalue weighted by Crippen LogP contribution is -2.32. The zero-order chi connectivity index (χ0) is 14.3. The van der Waals surface area contributed by atoms with Crippen molar-refractivity contribution in [2.75, 3.05) is 25.9 Å². The first-order chi connectivity index (χ1) is 8.99. The van der Waals surface area contributed by atoms with Crippen LogP contribution in [-0.2, 0) is 0 Å². The maximum atomic E-state index is 6.07. The number of rotatable bonds is 8. The molecule has 1 unspecified atom stereocenters. The van der Waals surface area contributed by atoms with E-state index in [0.717, 1.165) is 25.3 Å². The van der Waals surface area contributed by atoms with Gasteiger partial charge in [-0.05, 0) is 45.0 Å². The molecule has 0 saturated heterocycles. The van der Waals surface area contributed by atoms with E-state index in [9.17, 15) is 0 Å². The molecule has 3 heteroatoms. The molecule has 2 nitrogen and oxygen atoms in total. The fourth-order valence-electron chi connectivity index (χ4n) is 1.77. The van der Waals surface area contributed by atoms with Crippen molar-refractivity contribution < 1.29 is 0 Å². The molecule has 0 aliphatic heterocycles. The third-order valence-electron chi connectivity index (χ3n) is 3.46. The van der Waals surface area contributed by atoms with E-state index in [1.54, 1.807) is 0 Å². The van der Waals surface area contributed by atoms with Crippen molar-refractivity contribution in [2.45, 2.75) is 38.1 Å². The van der Waals surface area contributed by atoms with Crippen LogP contribution in [0.3, 0.4) is 0 Å². The zero-order valence-corrected chi connectivity index (χ0v) is 13.5. The van der Waals surface area contributed by atoms with Crippen LogP contribution in [-0.4, -0.2) is 36.8 Å². The number of nitrogens with two attached hydrogens (primary N) is 1. The molecule has 0 spiro atoms. The Labute approximate surface area is 122 Å². The molecule has 0 aliphatic rings. The largest absolute Gasteiger partial charge is 0.327 e. The summed E-state index contributed by atoms with van der Waals surface area (Å²) in [6, 6.07) is 9.08. The second kappa shape index (κ2) is 8.62. The van der Waals surface area contributed by atoms with Gasteiger partial charge in [-0.25, -0.2) is 0 Å². The Kier molecular flexibility index (Phi) is 7.51. The monoisotopic (exact) mass is 280 g/mol. The molecule has 0 radical (unpaired) electrons. The third-order valence-corrected chi connectivity index (χ3v) is 4.46. The summed E-state index contributed by atoms with van der Waals surface area (Å²) in [6.07, 6.45) is 1.09. The topological polar surface area (TPSA) is 29.3 Å². The summed E-state index contributed by atoms with van der Waals surface area (Å²) in [5.41, 5.74) is 7.39. The Morgan fingerprint density at radius 2 is 1.79 bits per heavy atom. The predicted octanol–water partition coefficient (Wildman–Crippen LogP) is 3.39. The van der Waals surface area contributed by atoms with E-state index in [1.807, 2.05) is 11.8 Å². The lowest BCUT2D eigenvalue weighted by atomic mass is 10.0. The lowest BCUT2D eigenvalue weighted by Gasteiger charge is -2.21. The van der Waals surface area contributed by atoms with Crippen LogP contribution >= 0.6 is 11.8 Å². The molecule has 0 fully saturated rings. The molecule has 0 amide bonds. The Bertz CT molecular complexity index is 348. The van der Waals surface area contributed by atoms with Crippen molar-refractivity contribution in [3.05, 3.63) is 29.8 Å². The normalized spacial score (nSPS) is 13.2. The van der Waals surface area contributed by atoms with Crippen LogP contribution in [0.25, 0.3) is 0 Å². The Morgan fingerprint density at radius 3 is 2.37 bits per heavy atom. The van der Waals surface area contributed by atoms with Gasteiger partial charge in [-0.3, -0.25) is 0 Å². The number of benzene rings is 1.